The average Bonchev–Trinajstić information content (AvgIpc) is 3.19. The number of halogens is 2. The molecule has 116 valence electrons. The Morgan fingerprint density at radius 3 is 2.77 bits per heavy atom. The third-order valence-corrected chi connectivity index (χ3v) is 4.20. The molecule has 3 heterocycles. The summed E-state index contributed by atoms with van der Waals surface area (Å²) < 4.78 is 39.6. The summed E-state index contributed by atoms with van der Waals surface area (Å²) in [6.07, 6.45) is 2.08. The minimum atomic E-state index is -0.917. The highest BCUT2D eigenvalue weighted by Gasteiger charge is 2.48. The molecule has 0 radical (unpaired) electrons. The lowest BCUT2D eigenvalue weighted by molar-refractivity contribution is 0.0172. The number of hydrogen-bond donors (Lipinski definition) is 1. The Morgan fingerprint density at radius 1 is 1.14 bits per heavy atom. The van der Waals surface area contributed by atoms with E-state index in [9.17, 15) is 13.9 Å². The molecule has 0 unspecified atom stereocenters. The SMILES string of the molecule is O[C@@H]1CO[C@H]2[C@@H]1OC[C@@H]2n1ccnc1-c1ccc(F)c(F)c1. The number of ether oxygens (including phenoxy) is 2. The van der Waals surface area contributed by atoms with Crippen molar-refractivity contribution >= 4 is 0 Å². The molecule has 2 saturated heterocycles. The van der Waals surface area contributed by atoms with Gasteiger partial charge in [-0.25, -0.2) is 13.8 Å². The van der Waals surface area contributed by atoms with E-state index in [0.29, 0.717) is 18.0 Å². The molecule has 4 atom stereocenters. The first-order valence-electron chi connectivity index (χ1n) is 7.04. The molecule has 0 spiro atoms. The minimum absolute atomic E-state index is 0.159. The standard InChI is InChI=1S/C15H14F2N2O3/c16-9-2-1-8(5-10(9)17)15-18-3-4-19(15)11-6-21-14-12(20)7-22-13(11)14/h1-5,11-14,20H,6-7H2/t11-,12+,13+,14+/m0/s1. The molecule has 0 saturated carbocycles. The van der Waals surface area contributed by atoms with Crippen LogP contribution >= 0.6 is 0 Å². The van der Waals surface area contributed by atoms with Gasteiger partial charge in [0.1, 0.15) is 24.1 Å². The number of rotatable bonds is 2. The number of hydrogen-bond acceptors (Lipinski definition) is 4. The van der Waals surface area contributed by atoms with E-state index in [2.05, 4.69) is 4.98 Å². The van der Waals surface area contributed by atoms with E-state index in [1.807, 2.05) is 4.57 Å². The number of fused-ring (bicyclic) bond motifs is 1. The first-order chi connectivity index (χ1) is 10.6. The number of aromatic nitrogens is 2. The summed E-state index contributed by atoms with van der Waals surface area (Å²) in [5.74, 6) is -1.30. The molecule has 1 aromatic carbocycles. The molecule has 22 heavy (non-hydrogen) atoms. The number of imidazole rings is 1. The van der Waals surface area contributed by atoms with Gasteiger partial charge in [-0.3, -0.25) is 0 Å². The van der Waals surface area contributed by atoms with Gasteiger partial charge in [-0.05, 0) is 18.2 Å². The second kappa shape index (κ2) is 5.12. The van der Waals surface area contributed by atoms with Gasteiger partial charge in [0, 0.05) is 18.0 Å². The van der Waals surface area contributed by atoms with Crippen molar-refractivity contribution in [1.82, 2.24) is 9.55 Å². The molecule has 2 aliphatic rings. The molecule has 1 N–H and O–H groups in total. The highest BCUT2D eigenvalue weighted by Crippen LogP contribution is 2.36. The zero-order chi connectivity index (χ0) is 15.3. The molecule has 4 rings (SSSR count). The van der Waals surface area contributed by atoms with Crippen LogP contribution in [-0.4, -0.2) is 46.2 Å². The fourth-order valence-electron chi connectivity index (χ4n) is 3.14. The molecule has 0 bridgehead atoms. The van der Waals surface area contributed by atoms with E-state index in [-0.39, 0.29) is 24.9 Å². The summed E-state index contributed by atoms with van der Waals surface area (Å²) in [5, 5.41) is 9.80. The highest BCUT2D eigenvalue weighted by atomic mass is 19.2. The zero-order valence-corrected chi connectivity index (χ0v) is 11.5. The molecule has 1 aromatic heterocycles. The quantitative estimate of drug-likeness (QED) is 0.914. The van der Waals surface area contributed by atoms with Crippen LogP contribution < -0.4 is 0 Å². The third kappa shape index (κ3) is 2.05. The van der Waals surface area contributed by atoms with E-state index in [1.165, 1.54) is 6.07 Å². The van der Waals surface area contributed by atoms with Gasteiger partial charge in [0.15, 0.2) is 11.6 Å². The van der Waals surface area contributed by atoms with Crippen LogP contribution in [0, 0.1) is 11.6 Å². The topological polar surface area (TPSA) is 56.5 Å². The summed E-state index contributed by atoms with van der Waals surface area (Å²) in [6, 6.07) is 3.52. The molecular formula is C15H14F2N2O3. The fraction of sp³-hybridized carbons (Fsp3) is 0.400. The van der Waals surface area contributed by atoms with Crippen LogP contribution in [0.5, 0.6) is 0 Å². The summed E-state index contributed by atoms with van der Waals surface area (Å²) in [5.41, 5.74) is 0.478. The van der Waals surface area contributed by atoms with Gasteiger partial charge in [0.2, 0.25) is 0 Å². The third-order valence-electron chi connectivity index (χ3n) is 4.20. The molecule has 7 heteroatoms. The number of aliphatic hydroxyl groups is 1. The molecule has 2 fully saturated rings. The summed E-state index contributed by atoms with van der Waals surface area (Å²) in [4.78, 5) is 4.24. The predicted molar refractivity (Wildman–Crippen MR) is 72.1 cm³/mol. The van der Waals surface area contributed by atoms with E-state index in [1.54, 1.807) is 12.4 Å². The van der Waals surface area contributed by atoms with Crippen molar-refractivity contribution in [2.75, 3.05) is 13.2 Å². The zero-order valence-electron chi connectivity index (χ0n) is 11.5. The van der Waals surface area contributed by atoms with Gasteiger partial charge >= 0.3 is 0 Å². The van der Waals surface area contributed by atoms with Crippen LogP contribution in [0.2, 0.25) is 0 Å². The Labute approximate surface area is 125 Å². The molecule has 2 aromatic rings. The van der Waals surface area contributed by atoms with Gasteiger partial charge in [-0.15, -0.1) is 0 Å². The van der Waals surface area contributed by atoms with Crippen molar-refractivity contribution in [3.63, 3.8) is 0 Å². The van der Waals surface area contributed by atoms with Gasteiger partial charge in [0.25, 0.3) is 0 Å². The monoisotopic (exact) mass is 308 g/mol. The lowest BCUT2D eigenvalue weighted by atomic mass is 10.1. The van der Waals surface area contributed by atoms with Crippen molar-refractivity contribution in [3.05, 3.63) is 42.2 Å². The van der Waals surface area contributed by atoms with Crippen molar-refractivity contribution in [1.29, 1.82) is 0 Å². The Kier molecular flexibility index (Phi) is 3.21. The van der Waals surface area contributed by atoms with Crippen LogP contribution in [0.25, 0.3) is 11.4 Å². The maximum atomic E-state index is 13.5. The van der Waals surface area contributed by atoms with E-state index >= 15 is 0 Å². The van der Waals surface area contributed by atoms with Crippen molar-refractivity contribution in [2.24, 2.45) is 0 Å². The van der Waals surface area contributed by atoms with Crippen molar-refractivity contribution in [3.8, 4) is 11.4 Å². The number of benzene rings is 1. The van der Waals surface area contributed by atoms with E-state index < -0.39 is 17.7 Å². The van der Waals surface area contributed by atoms with E-state index in [4.69, 9.17) is 9.47 Å². The summed E-state index contributed by atoms with van der Waals surface area (Å²) in [7, 11) is 0. The maximum absolute atomic E-state index is 13.5. The lowest BCUT2D eigenvalue weighted by Gasteiger charge is -2.19. The fourth-order valence-corrected chi connectivity index (χ4v) is 3.14. The van der Waals surface area contributed by atoms with Crippen LogP contribution in [0.1, 0.15) is 6.04 Å². The summed E-state index contributed by atoms with van der Waals surface area (Å²) >= 11 is 0. The Balaban J connectivity index is 1.70. The lowest BCUT2D eigenvalue weighted by Crippen LogP contribution is -2.30. The smallest absolute Gasteiger partial charge is 0.159 e. The van der Waals surface area contributed by atoms with Gasteiger partial charge < -0.3 is 19.1 Å². The second-order valence-corrected chi connectivity index (χ2v) is 5.52. The van der Waals surface area contributed by atoms with Crippen molar-refractivity contribution in [2.45, 2.75) is 24.4 Å². The van der Waals surface area contributed by atoms with Crippen LogP contribution in [0.3, 0.4) is 0 Å². The Bertz CT molecular complexity index is 706. The summed E-state index contributed by atoms with van der Waals surface area (Å²) in [6.45, 7) is 0.612. The van der Waals surface area contributed by atoms with Crippen molar-refractivity contribution < 1.29 is 23.4 Å². The molecule has 0 aliphatic carbocycles. The molecular weight excluding hydrogens is 294 g/mol. The number of aliphatic hydroxyl groups excluding tert-OH is 1. The first kappa shape index (κ1) is 13.8. The van der Waals surface area contributed by atoms with E-state index in [0.717, 1.165) is 12.1 Å². The molecule has 0 amide bonds. The average molecular weight is 308 g/mol. The Hall–Kier alpha value is -1.83. The first-order valence-corrected chi connectivity index (χ1v) is 7.04. The second-order valence-electron chi connectivity index (χ2n) is 5.52. The molecule has 2 aliphatic heterocycles. The molecule has 5 nitrogen and oxygen atoms in total. The van der Waals surface area contributed by atoms with Gasteiger partial charge in [0.05, 0.1) is 19.3 Å². The highest BCUT2D eigenvalue weighted by molar-refractivity contribution is 5.56. The number of nitrogens with zero attached hydrogens (tertiary/aromatic N) is 2. The van der Waals surface area contributed by atoms with Crippen LogP contribution in [-0.2, 0) is 9.47 Å². The Morgan fingerprint density at radius 2 is 1.95 bits per heavy atom. The van der Waals surface area contributed by atoms with Gasteiger partial charge in [-0.2, -0.15) is 0 Å². The maximum Gasteiger partial charge on any atom is 0.159 e. The van der Waals surface area contributed by atoms with Crippen LogP contribution in [0.4, 0.5) is 8.78 Å². The predicted octanol–water partition coefficient (Wildman–Crippen LogP) is 1.53. The largest absolute Gasteiger partial charge is 0.388 e. The minimum Gasteiger partial charge on any atom is -0.388 e. The van der Waals surface area contributed by atoms with Gasteiger partial charge in [-0.1, -0.05) is 0 Å². The normalized spacial score (nSPS) is 30.7. The van der Waals surface area contributed by atoms with Crippen LogP contribution in [0.15, 0.2) is 30.6 Å².